The molecule has 0 amide bonds. The molecule has 1 saturated heterocycles. The summed E-state index contributed by atoms with van der Waals surface area (Å²) in [5.74, 6) is 1.03. The molecule has 2 unspecified atom stereocenters. The number of anilines is 1. The van der Waals surface area contributed by atoms with Crippen LogP contribution in [0.15, 0.2) is 18.3 Å². The van der Waals surface area contributed by atoms with Crippen molar-refractivity contribution in [3.05, 3.63) is 23.9 Å². The van der Waals surface area contributed by atoms with Gasteiger partial charge in [0.1, 0.15) is 5.82 Å². The Morgan fingerprint density at radius 2 is 2.39 bits per heavy atom. The van der Waals surface area contributed by atoms with Crippen molar-refractivity contribution in [3.8, 4) is 0 Å². The van der Waals surface area contributed by atoms with Crippen LogP contribution in [0.4, 0.5) is 5.82 Å². The zero-order chi connectivity index (χ0) is 13.0. The molecule has 0 spiro atoms. The van der Waals surface area contributed by atoms with E-state index < -0.39 is 0 Å². The molecule has 1 fully saturated rings. The van der Waals surface area contributed by atoms with Gasteiger partial charge < -0.3 is 15.4 Å². The summed E-state index contributed by atoms with van der Waals surface area (Å²) in [6.45, 7) is 6.82. The summed E-state index contributed by atoms with van der Waals surface area (Å²) in [4.78, 5) is 6.81. The van der Waals surface area contributed by atoms with Crippen molar-refractivity contribution < 1.29 is 4.74 Å². The fourth-order valence-electron chi connectivity index (χ4n) is 2.37. The number of hydrogen-bond donors (Lipinski definition) is 1. The van der Waals surface area contributed by atoms with Crippen LogP contribution in [0.25, 0.3) is 0 Å². The molecule has 0 aromatic carbocycles. The second-order valence-corrected chi connectivity index (χ2v) is 4.90. The van der Waals surface area contributed by atoms with E-state index >= 15 is 0 Å². The van der Waals surface area contributed by atoms with Gasteiger partial charge in [-0.2, -0.15) is 0 Å². The number of nitrogens with two attached hydrogens (primary N) is 1. The van der Waals surface area contributed by atoms with Crippen LogP contribution in [-0.2, 0) is 4.74 Å². The molecule has 1 aliphatic rings. The molecular formula is C14H23N3O. The zero-order valence-electron chi connectivity index (χ0n) is 11.3. The first-order valence-electron chi connectivity index (χ1n) is 6.78. The molecule has 100 valence electrons. The lowest BCUT2D eigenvalue weighted by Gasteiger charge is -2.33. The molecule has 18 heavy (non-hydrogen) atoms. The average molecular weight is 249 g/mol. The first-order valence-corrected chi connectivity index (χ1v) is 6.78. The quantitative estimate of drug-likeness (QED) is 0.888. The molecule has 1 aliphatic heterocycles. The van der Waals surface area contributed by atoms with Gasteiger partial charge in [-0.05, 0) is 38.3 Å². The Balaban J connectivity index is 2.02. The molecular weight excluding hydrogens is 226 g/mol. The summed E-state index contributed by atoms with van der Waals surface area (Å²) in [6, 6.07) is 4.17. The van der Waals surface area contributed by atoms with E-state index in [4.69, 9.17) is 10.5 Å². The van der Waals surface area contributed by atoms with Gasteiger partial charge in [-0.1, -0.05) is 6.07 Å². The van der Waals surface area contributed by atoms with Crippen LogP contribution in [-0.4, -0.2) is 30.8 Å². The van der Waals surface area contributed by atoms with Crippen LogP contribution in [0.2, 0.25) is 0 Å². The monoisotopic (exact) mass is 249 g/mol. The van der Waals surface area contributed by atoms with E-state index in [9.17, 15) is 0 Å². The van der Waals surface area contributed by atoms with Crippen molar-refractivity contribution in [1.29, 1.82) is 0 Å². The van der Waals surface area contributed by atoms with Gasteiger partial charge >= 0.3 is 0 Å². The SMILES string of the molecule is CCOC1CCCN(c2ccc(C(C)N)cn2)C1. The summed E-state index contributed by atoms with van der Waals surface area (Å²) < 4.78 is 5.71. The second kappa shape index (κ2) is 6.16. The van der Waals surface area contributed by atoms with Gasteiger partial charge in [0.2, 0.25) is 0 Å². The van der Waals surface area contributed by atoms with Crippen LogP contribution in [0.3, 0.4) is 0 Å². The Hall–Kier alpha value is -1.13. The van der Waals surface area contributed by atoms with Crippen molar-refractivity contribution >= 4 is 5.82 Å². The summed E-state index contributed by atoms with van der Waals surface area (Å²) in [5.41, 5.74) is 6.91. The first kappa shape index (κ1) is 13.3. The molecule has 0 radical (unpaired) electrons. The van der Waals surface area contributed by atoms with Crippen molar-refractivity contribution in [1.82, 2.24) is 4.98 Å². The molecule has 2 atom stereocenters. The van der Waals surface area contributed by atoms with Gasteiger partial charge in [0.05, 0.1) is 6.10 Å². The normalized spacial score (nSPS) is 21.9. The third-order valence-electron chi connectivity index (χ3n) is 3.40. The maximum Gasteiger partial charge on any atom is 0.128 e. The largest absolute Gasteiger partial charge is 0.377 e. The zero-order valence-corrected chi connectivity index (χ0v) is 11.3. The molecule has 4 nitrogen and oxygen atoms in total. The summed E-state index contributed by atoms with van der Waals surface area (Å²) in [5, 5.41) is 0. The van der Waals surface area contributed by atoms with E-state index in [-0.39, 0.29) is 6.04 Å². The van der Waals surface area contributed by atoms with Crippen molar-refractivity contribution in [3.63, 3.8) is 0 Å². The van der Waals surface area contributed by atoms with Gasteiger partial charge in [0.15, 0.2) is 0 Å². The van der Waals surface area contributed by atoms with Crippen LogP contribution in [0.5, 0.6) is 0 Å². The Morgan fingerprint density at radius 3 is 3.00 bits per heavy atom. The highest BCUT2D eigenvalue weighted by molar-refractivity contribution is 5.40. The predicted octanol–water partition coefficient (Wildman–Crippen LogP) is 2.11. The Labute approximate surface area is 109 Å². The average Bonchev–Trinajstić information content (AvgIpc) is 2.39. The number of rotatable bonds is 4. The lowest BCUT2D eigenvalue weighted by atomic mass is 10.1. The highest BCUT2D eigenvalue weighted by atomic mass is 16.5. The predicted molar refractivity (Wildman–Crippen MR) is 73.7 cm³/mol. The molecule has 4 heteroatoms. The van der Waals surface area contributed by atoms with E-state index in [1.807, 2.05) is 13.1 Å². The summed E-state index contributed by atoms with van der Waals surface area (Å²) in [6.07, 6.45) is 4.55. The van der Waals surface area contributed by atoms with Crippen LogP contribution < -0.4 is 10.6 Å². The van der Waals surface area contributed by atoms with Gasteiger partial charge in [-0.3, -0.25) is 0 Å². The molecule has 0 saturated carbocycles. The van der Waals surface area contributed by atoms with E-state index in [0.717, 1.165) is 37.5 Å². The Kier molecular flexibility index (Phi) is 4.55. The summed E-state index contributed by atoms with van der Waals surface area (Å²) in [7, 11) is 0. The topological polar surface area (TPSA) is 51.4 Å². The maximum absolute atomic E-state index is 5.83. The highest BCUT2D eigenvalue weighted by Crippen LogP contribution is 2.20. The van der Waals surface area contributed by atoms with Crippen molar-refractivity contribution in [2.75, 3.05) is 24.6 Å². The van der Waals surface area contributed by atoms with E-state index in [0.29, 0.717) is 6.10 Å². The molecule has 0 aliphatic carbocycles. The molecule has 2 rings (SSSR count). The number of hydrogen-bond acceptors (Lipinski definition) is 4. The highest BCUT2D eigenvalue weighted by Gasteiger charge is 2.20. The minimum absolute atomic E-state index is 0.0454. The van der Waals surface area contributed by atoms with Gasteiger partial charge in [0, 0.05) is 31.9 Å². The first-order chi connectivity index (χ1) is 8.70. The Morgan fingerprint density at radius 1 is 1.56 bits per heavy atom. The molecule has 1 aromatic heterocycles. The third-order valence-corrected chi connectivity index (χ3v) is 3.40. The van der Waals surface area contributed by atoms with Crippen LogP contribution in [0.1, 0.15) is 38.3 Å². The van der Waals surface area contributed by atoms with E-state index in [2.05, 4.69) is 28.9 Å². The number of pyridine rings is 1. The van der Waals surface area contributed by atoms with Crippen molar-refractivity contribution in [2.24, 2.45) is 5.73 Å². The summed E-state index contributed by atoms with van der Waals surface area (Å²) >= 11 is 0. The smallest absolute Gasteiger partial charge is 0.128 e. The minimum atomic E-state index is 0.0454. The lowest BCUT2D eigenvalue weighted by molar-refractivity contribution is 0.0525. The van der Waals surface area contributed by atoms with Crippen LogP contribution in [0, 0.1) is 0 Å². The molecule has 2 heterocycles. The fourth-order valence-corrected chi connectivity index (χ4v) is 2.37. The molecule has 0 bridgehead atoms. The Bertz CT molecular complexity index is 362. The van der Waals surface area contributed by atoms with Crippen LogP contribution >= 0.6 is 0 Å². The van der Waals surface area contributed by atoms with E-state index in [1.165, 1.54) is 6.42 Å². The molecule has 1 aromatic rings. The number of piperidine rings is 1. The number of nitrogens with zero attached hydrogens (tertiary/aromatic N) is 2. The van der Waals surface area contributed by atoms with Gasteiger partial charge in [-0.15, -0.1) is 0 Å². The fraction of sp³-hybridized carbons (Fsp3) is 0.643. The minimum Gasteiger partial charge on any atom is -0.377 e. The van der Waals surface area contributed by atoms with Gasteiger partial charge in [0.25, 0.3) is 0 Å². The number of aromatic nitrogens is 1. The lowest BCUT2D eigenvalue weighted by Crippen LogP contribution is -2.40. The standard InChI is InChI=1S/C14H23N3O/c1-3-18-13-5-4-8-17(10-13)14-7-6-12(9-16-14)11(2)15/h6-7,9,11,13H,3-5,8,10,15H2,1-2H3. The van der Waals surface area contributed by atoms with Gasteiger partial charge in [-0.25, -0.2) is 4.98 Å². The number of ether oxygens (including phenoxy) is 1. The van der Waals surface area contributed by atoms with E-state index in [1.54, 1.807) is 0 Å². The molecule has 2 N–H and O–H groups in total. The van der Waals surface area contributed by atoms with Crippen molar-refractivity contribution in [2.45, 2.75) is 38.8 Å². The second-order valence-electron chi connectivity index (χ2n) is 4.90. The maximum atomic E-state index is 5.83. The third kappa shape index (κ3) is 3.21.